The van der Waals surface area contributed by atoms with Crippen molar-refractivity contribution < 1.29 is 0 Å². The van der Waals surface area contributed by atoms with Gasteiger partial charge in [-0.25, -0.2) is 4.79 Å². The number of fused-ring (bicyclic) bond motifs is 2. The molecule has 3 heterocycles. The number of imidazole rings is 1. The van der Waals surface area contributed by atoms with Crippen molar-refractivity contribution >= 4 is 27.6 Å². The first-order chi connectivity index (χ1) is 18.2. The number of nitriles is 1. The molecule has 1 fully saturated rings. The summed E-state index contributed by atoms with van der Waals surface area (Å²) in [5.74, 6) is 0. The van der Waals surface area contributed by atoms with Gasteiger partial charge in [0.25, 0.3) is 0 Å². The molecule has 2 N–H and O–H groups in total. The highest BCUT2D eigenvalue weighted by atomic mass is 16.1. The van der Waals surface area contributed by atoms with E-state index >= 15 is 0 Å². The van der Waals surface area contributed by atoms with E-state index < -0.39 is 0 Å². The summed E-state index contributed by atoms with van der Waals surface area (Å²) < 4.78 is 1.83. The van der Waals surface area contributed by atoms with Gasteiger partial charge in [0, 0.05) is 43.3 Å². The van der Waals surface area contributed by atoms with Crippen LogP contribution < -0.4 is 10.6 Å². The van der Waals surface area contributed by atoms with E-state index in [1.807, 2.05) is 47.0 Å². The first-order valence-electron chi connectivity index (χ1n) is 12.9. The van der Waals surface area contributed by atoms with Gasteiger partial charge in [-0.1, -0.05) is 36.4 Å². The Hall–Kier alpha value is -4.28. The molecule has 2 aromatic heterocycles. The molecule has 0 aliphatic carbocycles. The topological polar surface area (TPSA) is 83.8 Å². The monoisotopic (exact) mass is 490 g/mol. The molecule has 0 unspecified atom stereocenters. The van der Waals surface area contributed by atoms with E-state index in [2.05, 4.69) is 56.3 Å². The SMILES string of the molecule is N#Cc1ccc2[nH]cc(CCCN3CCN(c4cccc5c4[nH]c(=O)n5Cc4ccccc4)CC3)c2c1. The minimum Gasteiger partial charge on any atom is -0.367 e. The number of nitrogens with zero attached hydrogens (tertiary/aromatic N) is 4. The van der Waals surface area contributed by atoms with Gasteiger partial charge >= 0.3 is 5.69 Å². The second-order valence-corrected chi connectivity index (χ2v) is 9.79. The summed E-state index contributed by atoms with van der Waals surface area (Å²) in [6.45, 7) is 5.47. The fourth-order valence-electron chi connectivity index (χ4n) is 5.51. The predicted octanol–water partition coefficient (Wildman–Crippen LogP) is 4.49. The Kier molecular flexibility index (Phi) is 6.25. The number of hydrogen-bond donors (Lipinski definition) is 2. The molecular formula is C30H30N6O. The molecule has 1 aliphatic rings. The van der Waals surface area contributed by atoms with E-state index in [0.29, 0.717) is 12.1 Å². The quantitative estimate of drug-likeness (QED) is 0.352. The van der Waals surface area contributed by atoms with Crippen LogP contribution in [0.25, 0.3) is 21.9 Å². The molecule has 0 spiro atoms. The molecule has 7 heteroatoms. The standard InChI is InChI=1S/C30H30N6O/c31-19-23-11-12-26-25(18-23)24(20-32-26)8-5-13-34-14-16-35(17-15-34)27-9-4-10-28-29(27)33-30(37)36(28)21-22-6-2-1-3-7-22/h1-4,6-7,9-12,18,20,32H,5,8,13-17,21H2,(H,33,37). The van der Waals surface area contributed by atoms with Crippen LogP contribution in [0.15, 0.2) is 77.7 Å². The molecule has 1 aliphatic heterocycles. The zero-order valence-corrected chi connectivity index (χ0v) is 20.8. The van der Waals surface area contributed by atoms with Gasteiger partial charge in [0.2, 0.25) is 0 Å². The number of rotatable bonds is 7. The summed E-state index contributed by atoms with van der Waals surface area (Å²) >= 11 is 0. The molecule has 0 atom stereocenters. The number of anilines is 1. The smallest absolute Gasteiger partial charge is 0.326 e. The Morgan fingerprint density at radius 3 is 2.59 bits per heavy atom. The molecule has 0 bridgehead atoms. The number of para-hydroxylation sites is 1. The van der Waals surface area contributed by atoms with E-state index in [1.54, 1.807) is 0 Å². The Morgan fingerprint density at radius 2 is 1.78 bits per heavy atom. The van der Waals surface area contributed by atoms with Crippen LogP contribution in [0.5, 0.6) is 0 Å². The number of piperazine rings is 1. The maximum absolute atomic E-state index is 12.8. The molecule has 0 radical (unpaired) electrons. The third kappa shape index (κ3) is 4.64. The van der Waals surface area contributed by atoms with Gasteiger partial charge in [-0.2, -0.15) is 5.26 Å². The lowest BCUT2D eigenvalue weighted by atomic mass is 10.1. The first kappa shape index (κ1) is 23.1. The van der Waals surface area contributed by atoms with Gasteiger partial charge in [-0.05, 0) is 60.8 Å². The van der Waals surface area contributed by atoms with Crippen molar-refractivity contribution in [1.82, 2.24) is 19.4 Å². The van der Waals surface area contributed by atoms with Crippen LogP contribution in [0.2, 0.25) is 0 Å². The molecule has 186 valence electrons. The van der Waals surface area contributed by atoms with Crippen molar-refractivity contribution in [2.24, 2.45) is 0 Å². The van der Waals surface area contributed by atoms with Crippen molar-refractivity contribution in [2.75, 3.05) is 37.6 Å². The number of aryl methyl sites for hydroxylation is 1. The lowest BCUT2D eigenvalue weighted by Gasteiger charge is -2.36. The highest BCUT2D eigenvalue weighted by molar-refractivity contribution is 5.89. The van der Waals surface area contributed by atoms with Crippen LogP contribution in [0.1, 0.15) is 23.1 Å². The summed E-state index contributed by atoms with van der Waals surface area (Å²) in [5, 5.41) is 10.4. The average molecular weight is 491 g/mol. The van der Waals surface area contributed by atoms with Gasteiger partial charge in [-0.3, -0.25) is 9.47 Å². The fourth-order valence-corrected chi connectivity index (χ4v) is 5.51. The van der Waals surface area contributed by atoms with E-state index in [-0.39, 0.29) is 5.69 Å². The van der Waals surface area contributed by atoms with E-state index in [1.165, 1.54) is 5.56 Å². The summed E-state index contributed by atoms with van der Waals surface area (Å²) in [6, 6.07) is 24.4. The van der Waals surface area contributed by atoms with E-state index in [4.69, 9.17) is 0 Å². The first-order valence-corrected chi connectivity index (χ1v) is 12.9. The third-order valence-electron chi connectivity index (χ3n) is 7.50. The molecule has 6 rings (SSSR count). The summed E-state index contributed by atoms with van der Waals surface area (Å²) in [4.78, 5) is 24.2. The Labute approximate surface area is 215 Å². The highest BCUT2D eigenvalue weighted by Crippen LogP contribution is 2.26. The maximum atomic E-state index is 12.8. The molecule has 0 saturated carbocycles. The second-order valence-electron chi connectivity index (χ2n) is 9.79. The third-order valence-corrected chi connectivity index (χ3v) is 7.50. The molecule has 37 heavy (non-hydrogen) atoms. The Morgan fingerprint density at radius 1 is 0.946 bits per heavy atom. The second kappa shape index (κ2) is 10.00. The number of benzene rings is 3. The predicted molar refractivity (Wildman–Crippen MR) is 148 cm³/mol. The molecule has 3 aromatic carbocycles. The fraction of sp³-hybridized carbons (Fsp3) is 0.267. The Balaban J connectivity index is 1.09. The highest BCUT2D eigenvalue weighted by Gasteiger charge is 2.20. The van der Waals surface area contributed by atoms with Crippen LogP contribution in [0.3, 0.4) is 0 Å². The van der Waals surface area contributed by atoms with Crippen LogP contribution >= 0.6 is 0 Å². The molecule has 0 amide bonds. The minimum absolute atomic E-state index is 0.0656. The number of aromatic amines is 2. The largest absolute Gasteiger partial charge is 0.367 e. The number of H-pyrrole nitrogens is 2. The molecule has 7 nitrogen and oxygen atoms in total. The van der Waals surface area contributed by atoms with Crippen molar-refractivity contribution in [1.29, 1.82) is 5.26 Å². The van der Waals surface area contributed by atoms with E-state index in [9.17, 15) is 10.1 Å². The van der Waals surface area contributed by atoms with Gasteiger partial charge in [-0.15, -0.1) is 0 Å². The van der Waals surface area contributed by atoms with Crippen LogP contribution in [0.4, 0.5) is 5.69 Å². The van der Waals surface area contributed by atoms with Crippen molar-refractivity contribution in [3.63, 3.8) is 0 Å². The maximum Gasteiger partial charge on any atom is 0.326 e. The zero-order chi connectivity index (χ0) is 25.2. The summed E-state index contributed by atoms with van der Waals surface area (Å²) in [7, 11) is 0. The molecular weight excluding hydrogens is 460 g/mol. The van der Waals surface area contributed by atoms with Gasteiger partial charge < -0.3 is 14.9 Å². The number of nitrogens with one attached hydrogen (secondary N) is 2. The molecule has 5 aromatic rings. The van der Waals surface area contributed by atoms with Crippen LogP contribution in [-0.4, -0.2) is 52.2 Å². The lowest BCUT2D eigenvalue weighted by molar-refractivity contribution is 0.255. The van der Waals surface area contributed by atoms with E-state index in [0.717, 1.165) is 78.8 Å². The van der Waals surface area contributed by atoms with Crippen LogP contribution in [0, 0.1) is 11.3 Å². The normalized spacial score (nSPS) is 14.4. The molecule has 1 saturated heterocycles. The minimum atomic E-state index is -0.0656. The zero-order valence-electron chi connectivity index (χ0n) is 20.8. The van der Waals surface area contributed by atoms with Crippen molar-refractivity contribution in [3.8, 4) is 6.07 Å². The number of hydrogen-bond acceptors (Lipinski definition) is 4. The summed E-state index contributed by atoms with van der Waals surface area (Å²) in [5.41, 5.74) is 7.10. The lowest BCUT2D eigenvalue weighted by Crippen LogP contribution is -2.46. The van der Waals surface area contributed by atoms with Gasteiger partial charge in [0.05, 0.1) is 34.9 Å². The van der Waals surface area contributed by atoms with Crippen molar-refractivity contribution in [3.05, 3.63) is 100 Å². The summed E-state index contributed by atoms with van der Waals surface area (Å²) in [6.07, 6.45) is 4.15. The van der Waals surface area contributed by atoms with Crippen molar-refractivity contribution in [2.45, 2.75) is 19.4 Å². The Bertz CT molecular complexity index is 1630. The van der Waals surface area contributed by atoms with Crippen LogP contribution in [-0.2, 0) is 13.0 Å². The number of aromatic nitrogens is 3. The van der Waals surface area contributed by atoms with Gasteiger partial charge in [0.1, 0.15) is 0 Å². The van der Waals surface area contributed by atoms with Gasteiger partial charge in [0.15, 0.2) is 0 Å². The average Bonchev–Trinajstić information content (AvgIpc) is 3.49.